The van der Waals surface area contributed by atoms with E-state index in [1.165, 1.54) is 86.3 Å². The molecule has 2 saturated carbocycles. The van der Waals surface area contributed by atoms with Crippen LogP contribution in [0.15, 0.2) is 109 Å². The first-order valence-corrected chi connectivity index (χ1v) is 19.7. The van der Waals surface area contributed by atoms with E-state index >= 15 is 0 Å². The predicted molar refractivity (Wildman–Crippen MR) is 219 cm³/mol. The van der Waals surface area contributed by atoms with Crippen molar-refractivity contribution >= 4 is 55.2 Å². The molecule has 8 rings (SSSR count). The third-order valence-electron chi connectivity index (χ3n) is 12.3. The van der Waals surface area contributed by atoms with Crippen molar-refractivity contribution in [2.24, 2.45) is 11.8 Å². The van der Waals surface area contributed by atoms with Gasteiger partial charge < -0.3 is 20.4 Å². The Labute approximate surface area is 313 Å². The largest absolute Gasteiger partial charge is 0.335 e. The summed E-state index contributed by atoms with van der Waals surface area (Å²) in [6, 6.07) is 38.9. The summed E-state index contributed by atoms with van der Waals surface area (Å²) in [4.78, 5) is 30.5. The molecule has 53 heavy (non-hydrogen) atoms. The fraction of sp³-hybridized carbons (Fsp3) is 0.362. The molecule has 0 heterocycles. The number of rotatable bonds is 8. The van der Waals surface area contributed by atoms with E-state index in [0.717, 1.165) is 37.5 Å². The monoisotopic (exact) mass is 704 g/mol. The third-order valence-corrected chi connectivity index (χ3v) is 12.3. The van der Waals surface area contributed by atoms with Gasteiger partial charge in [0.1, 0.15) is 0 Å². The van der Waals surface area contributed by atoms with Crippen molar-refractivity contribution in [1.82, 2.24) is 20.4 Å². The van der Waals surface area contributed by atoms with Gasteiger partial charge in [0.25, 0.3) is 0 Å². The van der Waals surface area contributed by atoms with Crippen LogP contribution >= 0.6 is 0 Å². The molecule has 6 aromatic rings. The van der Waals surface area contributed by atoms with Crippen LogP contribution in [0.3, 0.4) is 0 Å². The molecule has 0 aromatic heterocycles. The van der Waals surface area contributed by atoms with Gasteiger partial charge in [-0.25, -0.2) is 9.59 Å². The van der Waals surface area contributed by atoms with Crippen molar-refractivity contribution in [1.29, 1.82) is 0 Å². The number of urea groups is 2. The highest BCUT2D eigenvalue weighted by molar-refractivity contribution is 6.03. The van der Waals surface area contributed by atoms with Crippen LogP contribution in [0.1, 0.15) is 68.9 Å². The van der Waals surface area contributed by atoms with Crippen LogP contribution in [0.5, 0.6) is 0 Å². The first kappa shape index (κ1) is 35.0. The van der Waals surface area contributed by atoms with E-state index < -0.39 is 0 Å². The lowest BCUT2D eigenvalue weighted by Gasteiger charge is -2.35. The van der Waals surface area contributed by atoms with E-state index in [1.54, 1.807) is 0 Å². The van der Waals surface area contributed by atoms with Crippen LogP contribution in [-0.2, 0) is 13.1 Å². The van der Waals surface area contributed by atoms with E-state index in [4.69, 9.17) is 0 Å². The molecule has 0 saturated heterocycles. The molecule has 0 unspecified atom stereocenters. The Balaban J connectivity index is 0.786. The van der Waals surface area contributed by atoms with Gasteiger partial charge in [-0.05, 0) is 136 Å². The molecule has 0 spiro atoms. The van der Waals surface area contributed by atoms with Crippen molar-refractivity contribution in [2.75, 3.05) is 14.1 Å². The van der Waals surface area contributed by atoms with Gasteiger partial charge >= 0.3 is 12.1 Å². The fourth-order valence-electron chi connectivity index (χ4n) is 9.30. The normalized spacial score (nSPS) is 20.4. The van der Waals surface area contributed by atoms with Gasteiger partial charge in [-0.15, -0.1) is 0 Å². The summed E-state index contributed by atoms with van der Waals surface area (Å²) in [6.07, 6.45) is 10.1. The van der Waals surface area contributed by atoms with E-state index in [1.807, 2.05) is 23.9 Å². The molecule has 2 aliphatic rings. The Hall–Kier alpha value is -5.10. The SMILES string of the molecule is CN(Cc1c2ccccc2cc2ccccc12)C(=O)NC1CCC(CC2CCC(NC(=O)N(C)Cc3c4ccccc4cc4ccccc34)CC2)CC1. The second kappa shape index (κ2) is 15.5. The molecule has 6 aromatic carbocycles. The molecular formula is C47H52N4O2. The summed E-state index contributed by atoms with van der Waals surface area (Å²) in [5.74, 6) is 1.45. The van der Waals surface area contributed by atoms with Crippen LogP contribution in [-0.4, -0.2) is 48.0 Å². The number of nitrogens with one attached hydrogen (secondary N) is 2. The van der Waals surface area contributed by atoms with Crippen molar-refractivity contribution in [3.63, 3.8) is 0 Å². The number of fused-ring (bicyclic) bond motifs is 4. The molecular weight excluding hydrogens is 653 g/mol. The number of hydrogen-bond donors (Lipinski definition) is 2. The predicted octanol–water partition coefficient (Wildman–Crippen LogP) is 10.8. The number of carbonyl (C=O) groups is 2. The van der Waals surface area contributed by atoms with Crippen molar-refractivity contribution in [3.8, 4) is 0 Å². The lowest BCUT2D eigenvalue weighted by molar-refractivity contribution is 0.180. The Morgan fingerprint density at radius 1 is 0.491 bits per heavy atom. The fourth-order valence-corrected chi connectivity index (χ4v) is 9.30. The van der Waals surface area contributed by atoms with Crippen molar-refractivity contribution in [3.05, 3.63) is 120 Å². The van der Waals surface area contributed by atoms with Crippen LogP contribution in [0, 0.1) is 11.8 Å². The topological polar surface area (TPSA) is 64.7 Å². The molecule has 4 amide bonds. The maximum Gasteiger partial charge on any atom is 0.317 e. The highest BCUT2D eigenvalue weighted by Gasteiger charge is 2.29. The smallest absolute Gasteiger partial charge is 0.317 e. The van der Waals surface area contributed by atoms with Gasteiger partial charge in [-0.3, -0.25) is 0 Å². The molecule has 272 valence electrons. The highest BCUT2D eigenvalue weighted by Crippen LogP contribution is 2.36. The average Bonchev–Trinajstić information content (AvgIpc) is 3.19. The molecule has 6 nitrogen and oxygen atoms in total. The second-order valence-corrected chi connectivity index (χ2v) is 15.9. The number of carbonyl (C=O) groups excluding carboxylic acids is 2. The van der Waals surface area contributed by atoms with Crippen LogP contribution < -0.4 is 10.6 Å². The maximum atomic E-state index is 13.4. The molecule has 2 N–H and O–H groups in total. The average molecular weight is 705 g/mol. The highest BCUT2D eigenvalue weighted by atomic mass is 16.2. The van der Waals surface area contributed by atoms with E-state index in [0.29, 0.717) is 13.1 Å². The Bertz CT molecular complexity index is 1980. The lowest BCUT2D eigenvalue weighted by Crippen LogP contribution is -2.45. The van der Waals surface area contributed by atoms with Gasteiger partial charge in [0.15, 0.2) is 0 Å². The zero-order valence-electron chi connectivity index (χ0n) is 31.2. The first-order valence-electron chi connectivity index (χ1n) is 19.7. The molecule has 6 heteroatoms. The zero-order valence-corrected chi connectivity index (χ0v) is 31.2. The maximum absolute atomic E-state index is 13.4. The molecule has 0 atom stereocenters. The summed E-state index contributed by atoms with van der Waals surface area (Å²) in [7, 11) is 3.84. The zero-order chi connectivity index (χ0) is 36.3. The summed E-state index contributed by atoms with van der Waals surface area (Å²) in [6.45, 7) is 1.15. The third kappa shape index (κ3) is 7.69. The Kier molecular flexibility index (Phi) is 10.2. The minimum atomic E-state index is 0.0157. The number of amides is 4. The lowest BCUT2D eigenvalue weighted by atomic mass is 9.75. The number of benzene rings is 6. The molecule has 0 aliphatic heterocycles. The van der Waals surface area contributed by atoms with Gasteiger partial charge in [-0.1, -0.05) is 97.1 Å². The number of hydrogen-bond acceptors (Lipinski definition) is 2. The van der Waals surface area contributed by atoms with Crippen LogP contribution in [0.4, 0.5) is 9.59 Å². The summed E-state index contributed by atoms with van der Waals surface area (Å²) in [5.41, 5.74) is 2.41. The van der Waals surface area contributed by atoms with Crippen LogP contribution in [0.2, 0.25) is 0 Å². The summed E-state index contributed by atoms with van der Waals surface area (Å²) in [5, 5.41) is 16.4. The quantitative estimate of drug-likeness (QED) is 0.155. The van der Waals surface area contributed by atoms with Gasteiger partial charge in [0, 0.05) is 39.3 Å². The van der Waals surface area contributed by atoms with Crippen LogP contribution in [0.25, 0.3) is 43.1 Å². The summed E-state index contributed by atoms with van der Waals surface area (Å²) >= 11 is 0. The van der Waals surface area contributed by atoms with Gasteiger partial charge in [0.05, 0.1) is 0 Å². The first-order chi connectivity index (χ1) is 25.9. The van der Waals surface area contributed by atoms with Crippen molar-refractivity contribution < 1.29 is 9.59 Å². The number of nitrogens with zero attached hydrogens (tertiary/aromatic N) is 2. The van der Waals surface area contributed by atoms with E-state index in [-0.39, 0.29) is 24.1 Å². The summed E-state index contributed by atoms with van der Waals surface area (Å²) < 4.78 is 0. The second-order valence-electron chi connectivity index (χ2n) is 15.9. The van der Waals surface area contributed by atoms with Gasteiger partial charge in [0.2, 0.25) is 0 Å². The minimum absolute atomic E-state index is 0.0157. The van der Waals surface area contributed by atoms with E-state index in [9.17, 15) is 9.59 Å². The van der Waals surface area contributed by atoms with Crippen molar-refractivity contribution in [2.45, 2.75) is 83.0 Å². The Morgan fingerprint density at radius 2 is 0.792 bits per heavy atom. The molecule has 0 bridgehead atoms. The molecule has 0 radical (unpaired) electrons. The Morgan fingerprint density at radius 3 is 1.11 bits per heavy atom. The molecule has 2 fully saturated rings. The van der Waals surface area contributed by atoms with Gasteiger partial charge in [-0.2, -0.15) is 0 Å². The standard InChI is InChI=1S/C47H52N4O2/c1-50(30-44-40-15-7-3-11-34(40)28-35-12-4-8-16-41(35)44)46(52)48-38-23-19-32(20-24-38)27-33-21-25-39(26-22-33)49-47(53)51(2)31-45-42-17-9-5-13-36(42)29-37-14-6-10-18-43(37)45/h3-18,28-29,32-33,38-39H,19-27,30-31H2,1-2H3,(H,48,52)(H,49,53). The van der Waals surface area contributed by atoms with E-state index in [2.05, 4.69) is 120 Å². The molecule has 2 aliphatic carbocycles. The minimum Gasteiger partial charge on any atom is -0.335 e.